The average molecular weight is 372 g/mol. The van der Waals surface area contributed by atoms with E-state index in [4.69, 9.17) is 9.05 Å². The second kappa shape index (κ2) is 8.41. The number of rotatable bonds is 6. The van der Waals surface area contributed by atoms with E-state index in [-0.39, 0.29) is 6.10 Å². The van der Waals surface area contributed by atoms with E-state index in [1.807, 2.05) is 60.7 Å². The smallest absolute Gasteiger partial charge is 0.411 e. The van der Waals surface area contributed by atoms with Crippen molar-refractivity contribution in [3.05, 3.63) is 60.7 Å². The Kier molecular flexibility index (Phi) is 6.21. The van der Waals surface area contributed by atoms with Crippen molar-refractivity contribution >= 4 is 12.9 Å². The SMILES string of the molecule is CC(C)[C@@H]1CC[C@@H](C)C[C@H]1O[P@@](=O)(Oc1ccccc1)c1ccccc1. The van der Waals surface area contributed by atoms with Gasteiger partial charge in [-0.2, -0.15) is 0 Å². The van der Waals surface area contributed by atoms with E-state index in [1.54, 1.807) is 0 Å². The molecule has 1 fully saturated rings. The number of para-hydroxylation sites is 1. The molecule has 4 heteroatoms. The number of benzene rings is 2. The monoisotopic (exact) mass is 372 g/mol. The van der Waals surface area contributed by atoms with Crippen molar-refractivity contribution < 1.29 is 13.6 Å². The Labute approximate surface area is 157 Å². The third kappa shape index (κ3) is 4.58. The fraction of sp³-hybridized carbons (Fsp3) is 0.455. The minimum atomic E-state index is -3.47. The second-order valence-electron chi connectivity index (χ2n) is 7.71. The maximum atomic E-state index is 13.9. The third-order valence-electron chi connectivity index (χ3n) is 5.28. The third-order valence-corrected chi connectivity index (χ3v) is 7.21. The van der Waals surface area contributed by atoms with Crippen LogP contribution in [0.3, 0.4) is 0 Å². The molecule has 0 bridgehead atoms. The molecule has 26 heavy (non-hydrogen) atoms. The van der Waals surface area contributed by atoms with Crippen LogP contribution in [0.1, 0.15) is 40.0 Å². The average Bonchev–Trinajstić information content (AvgIpc) is 2.63. The Balaban J connectivity index is 1.91. The molecule has 3 rings (SSSR count). The van der Waals surface area contributed by atoms with Gasteiger partial charge in [0.1, 0.15) is 5.75 Å². The van der Waals surface area contributed by atoms with Crippen LogP contribution in [-0.4, -0.2) is 6.10 Å². The molecule has 3 nitrogen and oxygen atoms in total. The van der Waals surface area contributed by atoms with Crippen molar-refractivity contribution in [3.63, 3.8) is 0 Å². The highest BCUT2D eigenvalue weighted by Gasteiger charge is 2.39. The van der Waals surface area contributed by atoms with E-state index in [1.165, 1.54) is 6.42 Å². The maximum absolute atomic E-state index is 13.9. The first-order valence-corrected chi connectivity index (χ1v) is 11.1. The van der Waals surface area contributed by atoms with Gasteiger partial charge in [-0.25, -0.2) is 4.57 Å². The summed E-state index contributed by atoms with van der Waals surface area (Å²) >= 11 is 0. The van der Waals surface area contributed by atoms with E-state index in [0.29, 0.717) is 28.8 Å². The first kappa shape index (κ1) is 19.2. The van der Waals surface area contributed by atoms with Crippen molar-refractivity contribution in [1.82, 2.24) is 0 Å². The molecule has 1 saturated carbocycles. The molecule has 0 aliphatic heterocycles. The lowest BCUT2D eigenvalue weighted by atomic mass is 9.75. The van der Waals surface area contributed by atoms with Gasteiger partial charge < -0.3 is 4.52 Å². The number of hydrogen-bond donors (Lipinski definition) is 0. The molecule has 0 saturated heterocycles. The van der Waals surface area contributed by atoms with E-state index in [2.05, 4.69) is 20.8 Å². The van der Waals surface area contributed by atoms with Gasteiger partial charge in [0.15, 0.2) is 0 Å². The molecule has 0 spiro atoms. The molecule has 4 atom stereocenters. The van der Waals surface area contributed by atoms with Gasteiger partial charge in [-0.1, -0.05) is 63.6 Å². The summed E-state index contributed by atoms with van der Waals surface area (Å²) in [7, 11) is -3.47. The molecule has 1 aliphatic carbocycles. The molecule has 0 unspecified atom stereocenters. The highest BCUT2D eigenvalue weighted by molar-refractivity contribution is 7.62. The molecule has 0 N–H and O–H groups in total. The van der Waals surface area contributed by atoms with E-state index < -0.39 is 7.60 Å². The van der Waals surface area contributed by atoms with E-state index in [9.17, 15) is 4.57 Å². The minimum Gasteiger partial charge on any atom is -0.421 e. The fourth-order valence-electron chi connectivity index (χ4n) is 3.78. The van der Waals surface area contributed by atoms with Gasteiger partial charge in [-0.15, -0.1) is 0 Å². The molecule has 0 aromatic heterocycles. The highest BCUT2D eigenvalue weighted by atomic mass is 31.2. The molecule has 2 aromatic rings. The zero-order valence-corrected chi connectivity index (χ0v) is 16.8. The van der Waals surface area contributed by atoms with Crippen LogP contribution in [0.25, 0.3) is 0 Å². The summed E-state index contributed by atoms with van der Waals surface area (Å²) in [6.07, 6.45) is 3.20. The molecular formula is C22H29O3P. The summed E-state index contributed by atoms with van der Waals surface area (Å²) in [6.45, 7) is 6.70. The molecule has 0 amide bonds. The van der Waals surface area contributed by atoms with Gasteiger partial charge in [-0.3, -0.25) is 4.52 Å². The van der Waals surface area contributed by atoms with Crippen LogP contribution < -0.4 is 9.83 Å². The maximum Gasteiger partial charge on any atom is 0.411 e. The van der Waals surface area contributed by atoms with E-state index in [0.717, 1.165) is 12.8 Å². The summed E-state index contributed by atoms with van der Waals surface area (Å²) in [4.78, 5) is 0. The van der Waals surface area contributed by atoms with Crippen LogP contribution in [0.2, 0.25) is 0 Å². The molecule has 0 radical (unpaired) electrons. The first-order valence-electron chi connectivity index (χ1n) is 9.56. The summed E-state index contributed by atoms with van der Waals surface area (Å²) in [6, 6.07) is 18.7. The van der Waals surface area contributed by atoms with Gasteiger partial charge in [0.2, 0.25) is 0 Å². The second-order valence-corrected chi connectivity index (χ2v) is 9.61. The van der Waals surface area contributed by atoms with Gasteiger partial charge in [0, 0.05) is 0 Å². The lowest BCUT2D eigenvalue weighted by Gasteiger charge is -2.38. The van der Waals surface area contributed by atoms with Crippen molar-refractivity contribution in [3.8, 4) is 5.75 Å². The van der Waals surface area contributed by atoms with Gasteiger partial charge in [0.25, 0.3) is 0 Å². The Morgan fingerprint density at radius 3 is 2.19 bits per heavy atom. The quantitative estimate of drug-likeness (QED) is 0.578. The van der Waals surface area contributed by atoms with Crippen LogP contribution in [0, 0.1) is 17.8 Å². The Morgan fingerprint density at radius 1 is 0.962 bits per heavy atom. The van der Waals surface area contributed by atoms with Gasteiger partial charge in [0.05, 0.1) is 11.4 Å². The largest absolute Gasteiger partial charge is 0.421 e. The van der Waals surface area contributed by atoms with Gasteiger partial charge in [-0.05, 0) is 54.9 Å². The fourth-order valence-corrected chi connectivity index (χ4v) is 5.59. The van der Waals surface area contributed by atoms with Crippen LogP contribution in [-0.2, 0) is 9.09 Å². The Bertz CT molecular complexity index is 730. The first-order chi connectivity index (χ1) is 12.5. The van der Waals surface area contributed by atoms with Crippen molar-refractivity contribution in [2.45, 2.75) is 46.1 Å². The molecule has 140 valence electrons. The topological polar surface area (TPSA) is 35.5 Å². The molecule has 1 aliphatic rings. The predicted molar refractivity (Wildman–Crippen MR) is 107 cm³/mol. The van der Waals surface area contributed by atoms with Crippen molar-refractivity contribution in [2.24, 2.45) is 17.8 Å². The Morgan fingerprint density at radius 2 is 1.58 bits per heavy atom. The summed E-state index contributed by atoms with van der Waals surface area (Å²) in [5.74, 6) is 2.05. The lowest BCUT2D eigenvalue weighted by Crippen LogP contribution is -2.35. The van der Waals surface area contributed by atoms with Crippen molar-refractivity contribution in [2.75, 3.05) is 0 Å². The number of hydrogen-bond acceptors (Lipinski definition) is 3. The highest BCUT2D eigenvalue weighted by Crippen LogP contribution is 2.52. The zero-order chi connectivity index (χ0) is 18.6. The predicted octanol–water partition coefficient (Wildman–Crippen LogP) is 6.06. The van der Waals surface area contributed by atoms with E-state index >= 15 is 0 Å². The van der Waals surface area contributed by atoms with Crippen LogP contribution in [0.5, 0.6) is 5.75 Å². The standard InChI is InChI=1S/C22H29O3P/c1-17(2)21-15-14-18(3)16-22(21)25-26(23,20-12-8-5-9-13-20)24-19-10-6-4-7-11-19/h4-13,17-18,21-22H,14-16H2,1-3H3/t18-,21+,22-,26+/m1/s1. The summed E-state index contributed by atoms with van der Waals surface area (Å²) < 4.78 is 26.2. The van der Waals surface area contributed by atoms with Gasteiger partial charge >= 0.3 is 7.60 Å². The normalized spacial score (nSPS) is 25.6. The summed E-state index contributed by atoms with van der Waals surface area (Å²) in [5.41, 5.74) is 0. The van der Waals surface area contributed by atoms with Crippen LogP contribution >= 0.6 is 7.60 Å². The molecule has 2 aromatic carbocycles. The molecule has 0 heterocycles. The lowest BCUT2D eigenvalue weighted by molar-refractivity contribution is 0.0414. The summed E-state index contributed by atoms with van der Waals surface area (Å²) in [5, 5.41) is 0.615. The minimum absolute atomic E-state index is 0.0477. The van der Waals surface area contributed by atoms with Crippen LogP contribution in [0.15, 0.2) is 60.7 Å². The van der Waals surface area contributed by atoms with Crippen LogP contribution in [0.4, 0.5) is 0 Å². The van der Waals surface area contributed by atoms with Crippen molar-refractivity contribution in [1.29, 1.82) is 0 Å². The molecular weight excluding hydrogens is 343 g/mol. The zero-order valence-electron chi connectivity index (χ0n) is 15.9. The Hall–Kier alpha value is -1.57.